The molecule has 0 aliphatic rings. The molecule has 128 valence electrons. The zero-order chi connectivity index (χ0) is 17.5. The lowest BCUT2D eigenvalue weighted by Gasteiger charge is -2.18. The first-order valence-corrected chi connectivity index (χ1v) is 8.41. The van der Waals surface area contributed by atoms with E-state index in [4.69, 9.17) is 0 Å². The van der Waals surface area contributed by atoms with Crippen molar-refractivity contribution in [3.05, 3.63) is 66.1 Å². The molecule has 2 heterocycles. The van der Waals surface area contributed by atoms with E-state index in [1.54, 1.807) is 6.20 Å². The van der Waals surface area contributed by atoms with E-state index in [-0.39, 0.29) is 0 Å². The van der Waals surface area contributed by atoms with Crippen molar-refractivity contribution in [2.45, 2.75) is 19.8 Å². The Bertz CT molecular complexity index is 806. The highest BCUT2D eigenvalue weighted by Crippen LogP contribution is 2.19. The number of para-hydroxylation sites is 1. The molecule has 0 aliphatic carbocycles. The lowest BCUT2D eigenvalue weighted by molar-refractivity contribution is 0.839. The number of likely N-dealkylation sites (N-methyl/N-ethyl adjacent to an activating group) is 1. The van der Waals surface area contributed by atoms with E-state index in [1.807, 2.05) is 49.8 Å². The van der Waals surface area contributed by atoms with Gasteiger partial charge in [-0.05, 0) is 42.2 Å². The van der Waals surface area contributed by atoms with Gasteiger partial charge in [0.15, 0.2) is 5.82 Å². The van der Waals surface area contributed by atoms with Crippen LogP contribution >= 0.6 is 0 Å². The Balaban J connectivity index is 1.68. The summed E-state index contributed by atoms with van der Waals surface area (Å²) in [6.45, 7) is 2.97. The van der Waals surface area contributed by atoms with Gasteiger partial charge in [-0.3, -0.25) is 4.98 Å². The first-order chi connectivity index (χ1) is 12.3. The molecule has 6 nitrogen and oxygen atoms in total. The fraction of sp³-hybridized carbons (Fsp3) is 0.263. The van der Waals surface area contributed by atoms with Crippen LogP contribution < -0.4 is 10.2 Å². The number of aromatic nitrogens is 4. The van der Waals surface area contributed by atoms with E-state index in [2.05, 4.69) is 43.4 Å². The molecule has 0 saturated heterocycles. The highest BCUT2D eigenvalue weighted by atomic mass is 15.3. The van der Waals surface area contributed by atoms with Gasteiger partial charge in [0.05, 0.1) is 6.20 Å². The first kappa shape index (κ1) is 16.8. The number of nitrogens with zero attached hydrogens (tertiary/aromatic N) is 5. The Morgan fingerprint density at radius 3 is 2.68 bits per heavy atom. The van der Waals surface area contributed by atoms with Crippen LogP contribution in [0.2, 0.25) is 0 Å². The minimum atomic E-state index is 0.508. The summed E-state index contributed by atoms with van der Waals surface area (Å²) < 4.78 is 0. The maximum absolute atomic E-state index is 4.58. The molecule has 6 heteroatoms. The molecule has 2 aromatic heterocycles. The average Bonchev–Trinajstić information content (AvgIpc) is 2.67. The lowest BCUT2D eigenvalue weighted by atomic mass is 10.1. The third-order valence-electron chi connectivity index (χ3n) is 4.07. The summed E-state index contributed by atoms with van der Waals surface area (Å²) in [6, 6.07) is 12.2. The summed E-state index contributed by atoms with van der Waals surface area (Å²) in [5.41, 5.74) is 3.49. The standard InChI is InChI=1S/C19H22N6/c1-3-16-6-4-5-7-17(16)22-19-23-18(14-21-24-19)25(2)13-10-15-8-11-20-12-9-15/h4-9,11-12,14H,3,10,13H2,1-2H3,(H,22,23,24). The molecule has 3 rings (SSSR count). The number of aryl methyl sites for hydroxylation is 1. The zero-order valence-electron chi connectivity index (χ0n) is 14.6. The smallest absolute Gasteiger partial charge is 0.249 e. The number of anilines is 3. The van der Waals surface area contributed by atoms with Crippen molar-refractivity contribution in [2.24, 2.45) is 0 Å². The van der Waals surface area contributed by atoms with E-state index in [9.17, 15) is 0 Å². The normalized spacial score (nSPS) is 10.5. The third-order valence-corrected chi connectivity index (χ3v) is 4.07. The summed E-state index contributed by atoms with van der Waals surface area (Å²) >= 11 is 0. The third kappa shape index (κ3) is 4.50. The van der Waals surface area contributed by atoms with Gasteiger partial charge in [0.25, 0.3) is 0 Å². The molecule has 0 atom stereocenters. The van der Waals surface area contributed by atoms with E-state index in [0.717, 1.165) is 30.9 Å². The van der Waals surface area contributed by atoms with Crippen molar-refractivity contribution in [1.82, 2.24) is 20.2 Å². The summed E-state index contributed by atoms with van der Waals surface area (Å²) in [5.74, 6) is 1.30. The van der Waals surface area contributed by atoms with Gasteiger partial charge in [-0.15, -0.1) is 5.10 Å². The lowest BCUT2D eigenvalue weighted by Crippen LogP contribution is -2.22. The van der Waals surface area contributed by atoms with Gasteiger partial charge in [0.1, 0.15) is 0 Å². The molecule has 0 aliphatic heterocycles. The molecule has 0 bridgehead atoms. The molecule has 0 saturated carbocycles. The second-order valence-corrected chi connectivity index (χ2v) is 5.80. The number of benzene rings is 1. The van der Waals surface area contributed by atoms with E-state index >= 15 is 0 Å². The Morgan fingerprint density at radius 1 is 1.08 bits per heavy atom. The SMILES string of the molecule is CCc1ccccc1Nc1nncc(N(C)CCc2ccncc2)n1. The highest BCUT2D eigenvalue weighted by molar-refractivity contribution is 5.59. The van der Waals surface area contributed by atoms with Gasteiger partial charge < -0.3 is 10.2 Å². The molecule has 0 spiro atoms. The molecule has 0 amide bonds. The average molecular weight is 334 g/mol. The molecule has 0 fully saturated rings. The number of hydrogen-bond donors (Lipinski definition) is 1. The molecule has 1 N–H and O–H groups in total. The molecule has 25 heavy (non-hydrogen) atoms. The number of rotatable bonds is 7. The topological polar surface area (TPSA) is 66.8 Å². The minimum Gasteiger partial charge on any atom is -0.358 e. The van der Waals surface area contributed by atoms with Gasteiger partial charge in [0, 0.05) is 31.7 Å². The van der Waals surface area contributed by atoms with E-state index in [0.29, 0.717) is 5.95 Å². The molecule has 1 aromatic carbocycles. The molecule has 0 unspecified atom stereocenters. The summed E-state index contributed by atoms with van der Waals surface area (Å²) in [6.07, 6.45) is 7.18. The summed E-state index contributed by atoms with van der Waals surface area (Å²) in [5, 5.41) is 11.5. The van der Waals surface area contributed by atoms with Crippen molar-refractivity contribution in [3.8, 4) is 0 Å². The monoisotopic (exact) mass is 334 g/mol. The van der Waals surface area contributed by atoms with Gasteiger partial charge >= 0.3 is 0 Å². The van der Waals surface area contributed by atoms with Gasteiger partial charge in [-0.1, -0.05) is 25.1 Å². The molecular formula is C19H22N6. The van der Waals surface area contributed by atoms with Crippen molar-refractivity contribution in [2.75, 3.05) is 23.8 Å². The van der Waals surface area contributed by atoms with Crippen LogP contribution in [0.5, 0.6) is 0 Å². The molecular weight excluding hydrogens is 312 g/mol. The van der Waals surface area contributed by atoms with Crippen LogP contribution in [0.4, 0.5) is 17.5 Å². The van der Waals surface area contributed by atoms with Crippen molar-refractivity contribution >= 4 is 17.5 Å². The second-order valence-electron chi connectivity index (χ2n) is 5.80. The fourth-order valence-electron chi connectivity index (χ4n) is 2.56. The van der Waals surface area contributed by atoms with Gasteiger partial charge in [-0.25, -0.2) is 0 Å². The van der Waals surface area contributed by atoms with Crippen molar-refractivity contribution in [3.63, 3.8) is 0 Å². The molecule has 3 aromatic rings. The zero-order valence-corrected chi connectivity index (χ0v) is 14.6. The maximum Gasteiger partial charge on any atom is 0.249 e. The van der Waals surface area contributed by atoms with Crippen LogP contribution in [-0.4, -0.2) is 33.8 Å². The Hall–Kier alpha value is -3.02. The Kier molecular flexibility index (Phi) is 5.51. The van der Waals surface area contributed by atoms with Crippen LogP contribution in [0.1, 0.15) is 18.1 Å². The van der Waals surface area contributed by atoms with Crippen LogP contribution in [0.15, 0.2) is 55.0 Å². The Morgan fingerprint density at radius 2 is 1.88 bits per heavy atom. The first-order valence-electron chi connectivity index (χ1n) is 8.41. The largest absolute Gasteiger partial charge is 0.358 e. The van der Waals surface area contributed by atoms with Gasteiger partial charge in [-0.2, -0.15) is 10.1 Å². The second kappa shape index (κ2) is 8.19. The van der Waals surface area contributed by atoms with Crippen LogP contribution in [0.3, 0.4) is 0 Å². The predicted octanol–water partition coefficient (Wildman–Crippen LogP) is 3.25. The summed E-state index contributed by atoms with van der Waals surface area (Å²) in [7, 11) is 2.01. The maximum atomic E-state index is 4.58. The van der Waals surface area contributed by atoms with Gasteiger partial charge in [0.2, 0.25) is 5.95 Å². The minimum absolute atomic E-state index is 0.508. The quantitative estimate of drug-likeness (QED) is 0.715. The summed E-state index contributed by atoms with van der Waals surface area (Å²) in [4.78, 5) is 10.7. The van der Waals surface area contributed by atoms with Crippen molar-refractivity contribution in [1.29, 1.82) is 0 Å². The highest BCUT2D eigenvalue weighted by Gasteiger charge is 2.08. The molecule has 0 radical (unpaired) electrons. The van der Waals surface area contributed by atoms with Crippen LogP contribution in [-0.2, 0) is 12.8 Å². The van der Waals surface area contributed by atoms with E-state index < -0.39 is 0 Å². The van der Waals surface area contributed by atoms with Crippen molar-refractivity contribution < 1.29 is 0 Å². The number of pyridine rings is 1. The van der Waals surface area contributed by atoms with Crippen LogP contribution in [0.25, 0.3) is 0 Å². The van der Waals surface area contributed by atoms with Crippen LogP contribution in [0, 0.1) is 0 Å². The number of nitrogens with one attached hydrogen (secondary N) is 1. The predicted molar refractivity (Wildman–Crippen MR) is 100 cm³/mol. The Labute approximate surface area is 148 Å². The van der Waals surface area contributed by atoms with E-state index in [1.165, 1.54) is 11.1 Å². The number of hydrogen-bond acceptors (Lipinski definition) is 6. The fourth-order valence-corrected chi connectivity index (χ4v) is 2.56.